The Hall–Kier alpha value is -4.19. The number of ether oxygens (including phenoxy) is 3. The molecule has 0 rings (SSSR count). The Balaban J connectivity index is 4.52. The zero-order valence-corrected chi connectivity index (χ0v) is 45.9. The molecule has 6 heteroatoms. The van der Waals surface area contributed by atoms with Gasteiger partial charge in [-0.15, -0.1) is 0 Å². The standard InChI is InChI=1S/C65H106O6/c1-4-7-10-13-16-19-22-25-27-29-31-32-34-35-37-40-43-46-49-52-55-58-64(67)70-61-62(60-69-63(66)57-54-51-48-45-42-39-24-21-18-15-12-9-6-3)71-65(68)59-56-53-50-47-44-41-38-36-33-30-28-26-23-20-17-14-11-8-5-2/h8,11,17,20-22,24-26,28-29,31,33-36,41,44,50,53,62H,4-7,9-10,12-16,18-19,23,27,30,32,37-40,42-43,45-49,51-52,54-61H2,1-3H3/b11-8-,20-17-,24-21-,25-22-,28-26-,31-29-,35-34-,36-33-,44-41-,53-50-. The lowest BCUT2D eigenvalue weighted by Crippen LogP contribution is -2.30. The molecule has 6 nitrogen and oxygen atoms in total. The number of carbonyl (C=O) groups excluding carboxylic acids is 3. The van der Waals surface area contributed by atoms with Crippen LogP contribution in [-0.2, 0) is 28.6 Å². The molecule has 0 saturated carbocycles. The zero-order valence-electron chi connectivity index (χ0n) is 45.9. The summed E-state index contributed by atoms with van der Waals surface area (Å²) in [6, 6.07) is 0. The van der Waals surface area contributed by atoms with E-state index in [0.717, 1.165) is 116 Å². The fourth-order valence-electron chi connectivity index (χ4n) is 7.59. The van der Waals surface area contributed by atoms with Crippen LogP contribution >= 0.6 is 0 Å². The number of hydrogen-bond donors (Lipinski definition) is 0. The number of hydrogen-bond acceptors (Lipinski definition) is 6. The third kappa shape index (κ3) is 56.6. The van der Waals surface area contributed by atoms with E-state index in [1.54, 1.807) is 0 Å². The van der Waals surface area contributed by atoms with Gasteiger partial charge in [0, 0.05) is 19.3 Å². The molecule has 1 unspecified atom stereocenters. The highest BCUT2D eigenvalue weighted by Gasteiger charge is 2.19. The molecule has 0 spiro atoms. The van der Waals surface area contributed by atoms with Crippen molar-refractivity contribution in [1.82, 2.24) is 0 Å². The molecule has 71 heavy (non-hydrogen) atoms. The Bertz CT molecular complexity index is 1500. The van der Waals surface area contributed by atoms with Crippen LogP contribution in [0, 0.1) is 0 Å². The van der Waals surface area contributed by atoms with Crippen molar-refractivity contribution in [2.45, 2.75) is 258 Å². The van der Waals surface area contributed by atoms with Crippen molar-refractivity contribution < 1.29 is 28.6 Å². The highest BCUT2D eigenvalue weighted by atomic mass is 16.6. The summed E-state index contributed by atoms with van der Waals surface area (Å²) in [4.78, 5) is 38.1. The van der Waals surface area contributed by atoms with Gasteiger partial charge in [-0.05, 0) is 122 Å². The van der Waals surface area contributed by atoms with Crippen molar-refractivity contribution in [1.29, 1.82) is 0 Å². The lowest BCUT2D eigenvalue weighted by atomic mass is 10.1. The predicted molar refractivity (Wildman–Crippen MR) is 306 cm³/mol. The molecular weight excluding hydrogens is 877 g/mol. The molecule has 0 aromatic rings. The van der Waals surface area contributed by atoms with Crippen LogP contribution in [0.5, 0.6) is 0 Å². The van der Waals surface area contributed by atoms with Crippen molar-refractivity contribution in [3.63, 3.8) is 0 Å². The van der Waals surface area contributed by atoms with Crippen molar-refractivity contribution in [2.75, 3.05) is 13.2 Å². The van der Waals surface area contributed by atoms with Gasteiger partial charge in [-0.2, -0.15) is 0 Å². The van der Waals surface area contributed by atoms with E-state index in [1.807, 2.05) is 12.2 Å². The van der Waals surface area contributed by atoms with Crippen LogP contribution in [0.2, 0.25) is 0 Å². The molecule has 402 valence electrons. The molecule has 1 atom stereocenters. The van der Waals surface area contributed by atoms with Gasteiger partial charge in [0.25, 0.3) is 0 Å². The Labute approximate surface area is 437 Å². The summed E-state index contributed by atoms with van der Waals surface area (Å²) in [6.07, 6.45) is 80.6. The molecule has 0 aromatic heterocycles. The third-order valence-corrected chi connectivity index (χ3v) is 11.9. The summed E-state index contributed by atoms with van der Waals surface area (Å²) in [5, 5.41) is 0. The van der Waals surface area contributed by atoms with Gasteiger partial charge in [0.05, 0.1) is 0 Å². The van der Waals surface area contributed by atoms with E-state index in [-0.39, 0.29) is 31.6 Å². The highest BCUT2D eigenvalue weighted by Crippen LogP contribution is 2.13. The van der Waals surface area contributed by atoms with Gasteiger partial charge in [-0.1, -0.05) is 232 Å². The number of allylic oxidation sites excluding steroid dienone is 20. The molecule has 0 amide bonds. The van der Waals surface area contributed by atoms with Crippen LogP contribution in [0.4, 0.5) is 0 Å². The molecule has 0 aliphatic heterocycles. The quantitative estimate of drug-likeness (QED) is 0.0261. The minimum Gasteiger partial charge on any atom is -0.462 e. The number of rotatable bonds is 51. The lowest BCUT2D eigenvalue weighted by molar-refractivity contribution is -0.166. The first-order valence-corrected chi connectivity index (χ1v) is 29.0. The van der Waals surface area contributed by atoms with Crippen LogP contribution in [0.25, 0.3) is 0 Å². The fourth-order valence-corrected chi connectivity index (χ4v) is 7.59. The second kappa shape index (κ2) is 58.4. The second-order valence-corrected chi connectivity index (χ2v) is 18.8. The topological polar surface area (TPSA) is 78.9 Å². The lowest BCUT2D eigenvalue weighted by Gasteiger charge is -2.18. The summed E-state index contributed by atoms with van der Waals surface area (Å²) < 4.78 is 16.8. The Kier molecular flexibility index (Phi) is 54.9. The number of carbonyl (C=O) groups is 3. The number of esters is 3. The molecule has 0 saturated heterocycles. The van der Waals surface area contributed by atoms with E-state index >= 15 is 0 Å². The molecule has 0 bridgehead atoms. The molecule has 0 radical (unpaired) electrons. The Morgan fingerprint density at radius 2 is 0.577 bits per heavy atom. The van der Waals surface area contributed by atoms with Gasteiger partial charge < -0.3 is 14.2 Å². The SMILES string of the molecule is CC/C=C\C/C=C\C/C=C\C/C=C\C/C=C\C/C=C\CCC(=O)OC(COC(=O)CCCCCCC/C=C\CCCCCC)COC(=O)CCCCCCCC/C=C\C/C=C\C/C=C\CCCCCCC. The largest absolute Gasteiger partial charge is 0.462 e. The minimum atomic E-state index is -0.831. The first kappa shape index (κ1) is 66.8. The van der Waals surface area contributed by atoms with Crippen LogP contribution in [-0.4, -0.2) is 37.2 Å². The van der Waals surface area contributed by atoms with Gasteiger partial charge in [0.2, 0.25) is 0 Å². The van der Waals surface area contributed by atoms with Crippen molar-refractivity contribution in [3.8, 4) is 0 Å². The molecule has 0 N–H and O–H groups in total. The van der Waals surface area contributed by atoms with Crippen LogP contribution in [0.3, 0.4) is 0 Å². The van der Waals surface area contributed by atoms with E-state index in [9.17, 15) is 14.4 Å². The van der Waals surface area contributed by atoms with E-state index in [1.165, 1.54) is 89.9 Å². The average molecular weight is 984 g/mol. The molecule has 0 aliphatic rings. The molecule has 0 aromatic carbocycles. The maximum Gasteiger partial charge on any atom is 0.306 e. The van der Waals surface area contributed by atoms with Crippen LogP contribution in [0.1, 0.15) is 252 Å². The van der Waals surface area contributed by atoms with Gasteiger partial charge in [-0.25, -0.2) is 0 Å². The second-order valence-electron chi connectivity index (χ2n) is 18.8. The predicted octanol–water partition coefficient (Wildman–Crippen LogP) is 19.6. The minimum absolute atomic E-state index is 0.120. The zero-order chi connectivity index (χ0) is 51.4. The third-order valence-electron chi connectivity index (χ3n) is 11.9. The molecule has 0 fully saturated rings. The summed E-state index contributed by atoms with van der Waals surface area (Å²) in [5.41, 5.74) is 0. The molecular formula is C65H106O6. The van der Waals surface area contributed by atoms with Gasteiger partial charge in [0.15, 0.2) is 6.10 Å². The van der Waals surface area contributed by atoms with Crippen molar-refractivity contribution >= 4 is 17.9 Å². The summed E-state index contributed by atoms with van der Waals surface area (Å²) in [5.74, 6) is -1.03. The van der Waals surface area contributed by atoms with Crippen LogP contribution in [0.15, 0.2) is 122 Å². The Morgan fingerprint density at radius 1 is 0.296 bits per heavy atom. The maximum absolute atomic E-state index is 12.8. The van der Waals surface area contributed by atoms with Gasteiger partial charge >= 0.3 is 17.9 Å². The summed E-state index contributed by atoms with van der Waals surface area (Å²) in [6.45, 7) is 6.41. The highest BCUT2D eigenvalue weighted by molar-refractivity contribution is 5.71. The smallest absolute Gasteiger partial charge is 0.306 e. The first-order valence-electron chi connectivity index (χ1n) is 29.0. The van der Waals surface area contributed by atoms with Crippen LogP contribution < -0.4 is 0 Å². The summed E-state index contributed by atoms with van der Waals surface area (Å²) >= 11 is 0. The van der Waals surface area contributed by atoms with E-state index in [0.29, 0.717) is 19.3 Å². The fraction of sp³-hybridized carbons (Fsp3) is 0.646. The van der Waals surface area contributed by atoms with Crippen molar-refractivity contribution in [3.05, 3.63) is 122 Å². The normalized spacial score (nSPS) is 13.0. The van der Waals surface area contributed by atoms with E-state index in [2.05, 4.69) is 130 Å². The Morgan fingerprint density at radius 3 is 0.944 bits per heavy atom. The summed E-state index contributed by atoms with van der Waals surface area (Å²) in [7, 11) is 0. The maximum atomic E-state index is 12.8. The molecule has 0 aliphatic carbocycles. The first-order chi connectivity index (χ1) is 35.0. The average Bonchev–Trinajstić information content (AvgIpc) is 3.37. The van der Waals surface area contributed by atoms with E-state index in [4.69, 9.17) is 14.2 Å². The number of unbranched alkanes of at least 4 members (excludes halogenated alkanes) is 20. The van der Waals surface area contributed by atoms with Crippen molar-refractivity contribution in [2.24, 2.45) is 0 Å². The molecule has 0 heterocycles. The monoisotopic (exact) mass is 983 g/mol. The van der Waals surface area contributed by atoms with Gasteiger partial charge in [-0.3, -0.25) is 14.4 Å². The van der Waals surface area contributed by atoms with Gasteiger partial charge in [0.1, 0.15) is 13.2 Å². The van der Waals surface area contributed by atoms with E-state index < -0.39 is 12.1 Å².